The van der Waals surface area contributed by atoms with Gasteiger partial charge >= 0.3 is 11.9 Å². The van der Waals surface area contributed by atoms with Crippen LogP contribution >= 0.6 is 15.9 Å². The van der Waals surface area contributed by atoms with E-state index in [1.54, 1.807) is 13.0 Å². The molecular formula is C23H23BrO4. The lowest BCUT2D eigenvalue weighted by Crippen LogP contribution is -2.47. The molecule has 0 bridgehead atoms. The second-order valence-corrected chi connectivity index (χ2v) is 7.78. The number of esters is 2. The van der Waals surface area contributed by atoms with Gasteiger partial charge in [0.1, 0.15) is 5.60 Å². The first-order chi connectivity index (χ1) is 13.5. The molecule has 0 radical (unpaired) electrons. The van der Waals surface area contributed by atoms with Crippen LogP contribution in [-0.2, 0) is 24.7 Å². The SMILES string of the molecule is C=CC[C@]1(c2ccccc2)C[C@H](c2ccc(Br)cc2)[C@@H](C(=O)OCC)C(=O)O1. The van der Waals surface area contributed by atoms with Gasteiger partial charge in [0.2, 0.25) is 0 Å². The topological polar surface area (TPSA) is 52.6 Å². The van der Waals surface area contributed by atoms with Gasteiger partial charge in [0.05, 0.1) is 6.61 Å². The molecule has 1 fully saturated rings. The first-order valence-electron chi connectivity index (χ1n) is 9.32. The molecule has 2 aromatic carbocycles. The molecule has 4 nitrogen and oxygen atoms in total. The highest BCUT2D eigenvalue weighted by Gasteiger charge is 2.51. The summed E-state index contributed by atoms with van der Waals surface area (Å²) in [5, 5.41) is 0. The number of carbonyl (C=O) groups is 2. The number of cyclic esters (lactones) is 1. The summed E-state index contributed by atoms with van der Waals surface area (Å²) < 4.78 is 12.1. The largest absolute Gasteiger partial charge is 0.465 e. The third-order valence-corrected chi connectivity index (χ3v) is 5.64. The van der Waals surface area contributed by atoms with Crippen molar-refractivity contribution in [3.05, 3.63) is 82.9 Å². The number of hydrogen-bond acceptors (Lipinski definition) is 4. The lowest BCUT2D eigenvalue weighted by atomic mass is 9.72. The quantitative estimate of drug-likeness (QED) is 0.353. The molecule has 146 valence electrons. The molecule has 1 aliphatic heterocycles. The van der Waals surface area contributed by atoms with Crippen molar-refractivity contribution < 1.29 is 19.1 Å². The zero-order valence-electron chi connectivity index (χ0n) is 15.8. The van der Waals surface area contributed by atoms with E-state index in [-0.39, 0.29) is 12.5 Å². The van der Waals surface area contributed by atoms with Gasteiger partial charge in [-0.2, -0.15) is 0 Å². The fraction of sp³-hybridized carbons (Fsp3) is 0.304. The molecule has 0 unspecified atom stereocenters. The van der Waals surface area contributed by atoms with Gasteiger partial charge in [0, 0.05) is 23.2 Å². The average molecular weight is 443 g/mol. The molecule has 0 aromatic heterocycles. The van der Waals surface area contributed by atoms with Crippen LogP contribution in [0.15, 0.2) is 71.7 Å². The van der Waals surface area contributed by atoms with Crippen molar-refractivity contribution >= 4 is 27.9 Å². The third-order valence-electron chi connectivity index (χ3n) is 5.11. The molecule has 1 aliphatic rings. The van der Waals surface area contributed by atoms with E-state index in [1.807, 2.05) is 54.6 Å². The zero-order valence-corrected chi connectivity index (χ0v) is 17.4. The lowest BCUT2D eigenvalue weighted by molar-refractivity contribution is -0.186. The van der Waals surface area contributed by atoms with Crippen molar-refractivity contribution in [1.29, 1.82) is 0 Å². The second kappa shape index (κ2) is 8.74. The second-order valence-electron chi connectivity index (χ2n) is 6.87. The number of hydrogen-bond donors (Lipinski definition) is 0. The summed E-state index contributed by atoms with van der Waals surface area (Å²) in [4.78, 5) is 25.7. The molecule has 28 heavy (non-hydrogen) atoms. The monoisotopic (exact) mass is 442 g/mol. The van der Waals surface area contributed by atoms with E-state index in [9.17, 15) is 9.59 Å². The Morgan fingerprint density at radius 3 is 2.54 bits per heavy atom. The maximum absolute atomic E-state index is 13.1. The van der Waals surface area contributed by atoms with Crippen LogP contribution in [0.5, 0.6) is 0 Å². The molecule has 2 aromatic rings. The van der Waals surface area contributed by atoms with Crippen molar-refractivity contribution in [3.63, 3.8) is 0 Å². The predicted octanol–water partition coefficient (Wildman–Crippen LogP) is 5.13. The van der Waals surface area contributed by atoms with Crippen LogP contribution in [-0.4, -0.2) is 18.5 Å². The molecule has 3 atom stereocenters. The van der Waals surface area contributed by atoms with Gasteiger partial charge < -0.3 is 9.47 Å². The van der Waals surface area contributed by atoms with Gasteiger partial charge in [-0.15, -0.1) is 6.58 Å². The van der Waals surface area contributed by atoms with Crippen LogP contribution < -0.4 is 0 Å². The maximum atomic E-state index is 13.1. The molecule has 1 saturated heterocycles. The summed E-state index contributed by atoms with van der Waals surface area (Å²) in [6.07, 6.45) is 2.69. The molecule has 0 aliphatic carbocycles. The molecule has 3 rings (SSSR count). The van der Waals surface area contributed by atoms with Gasteiger partial charge in [0.25, 0.3) is 0 Å². The van der Waals surface area contributed by atoms with Crippen molar-refractivity contribution in [2.45, 2.75) is 31.3 Å². The molecule has 0 saturated carbocycles. The standard InChI is InChI=1S/C23H23BrO4/c1-3-14-23(17-8-6-5-7-9-17)15-19(16-10-12-18(24)13-11-16)20(22(26)28-23)21(25)27-4-2/h3,5-13,19-20H,1,4,14-15H2,2H3/t19-,20+,23-/m1/s1. The summed E-state index contributed by atoms with van der Waals surface area (Å²) in [6.45, 7) is 5.80. The van der Waals surface area contributed by atoms with Crippen LogP contribution in [0, 0.1) is 5.92 Å². The van der Waals surface area contributed by atoms with Crippen LogP contribution in [0.25, 0.3) is 0 Å². The first kappa shape index (κ1) is 20.3. The summed E-state index contributed by atoms with van der Waals surface area (Å²) in [5.41, 5.74) is 0.941. The van der Waals surface area contributed by atoms with Crippen molar-refractivity contribution in [3.8, 4) is 0 Å². The molecule has 1 heterocycles. The first-order valence-corrected chi connectivity index (χ1v) is 10.1. The highest BCUT2D eigenvalue weighted by atomic mass is 79.9. The normalized spacial score (nSPS) is 24.3. The Kier molecular flexibility index (Phi) is 6.35. The summed E-state index contributed by atoms with van der Waals surface area (Å²) in [6, 6.07) is 17.3. The molecular weight excluding hydrogens is 420 g/mol. The number of rotatable bonds is 6. The minimum absolute atomic E-state index is 0.214. The number of ether oxygens (including phenoxy) is 2. The van der Waals surface area contributed by atoms with Crippen molar-refractivity contribution in [2.24, 2.45) is 5.92 Å². The minimum Gasteiger partial charge on any atom is -0.465 e. The number of halogens is 1. The molecule has 0 spiro atoms. The third kappa shape index (κ3) is 4.04. The Morgan fingerprint density at radius 2 is 1.93 bits per heavy atom. The maximum Gasteiger partial charge on any atom is 0.321 e. The Morgan fingerprint density at radius 1 is 1.25 bits per heavy atom. The van der Waals surface area contributed by atoms with Crippen LogP contribution in [0.1, 0.15) is 36.8 Å². The Bertz CT molecular complexity index is 847. The Labute approximate surface area is 173 Å². The highest BCUT2D eigenvalue weighted by molar-refractivity contribution is 9.10. The summed E-state index contributed by atoms with van der Waals surface area (Å²) in [5.74, 6) is -2.43. The van der Waals surface area contributed by atoms with Gasteiger partial charge in [-0.3, -0.25) is 9.59 Å². The fourth-order valence-corrected chi connectivity index (χ4v) is 4.11. The Hall–Kier alpha value is -2.40. The van der Waals surface area contributed by atoms with Crippen molar-refractivity contribution in [2.75, 3.05) is 6.61 Å². The predicted molar refractivity (Wildman–Crippen MR) is 111 cm³/mol. The van der Waals surface area contributed by atoms with E-state index in [2.05, 4.69) is 22.5 Å². The highest BCUT2D eigenvalue weighted by Crippen LogP contribution is 2.48. The smallest absolute Gasteiger partial charge is 0.321 e. The van der Waals surface area contributed by atoms with Gasteiger partial charge in [-0.1, -0.05) is 64.5 Å². The minimum atomic E-state index is -0.984. The van der Waals surface area contributed by atoms with Crippen LogP contribution in [0.2, 0.25) is 0 Å². The number of carbonyl (C=O) groups excluding carboxylic acids is 2. The van der Waals surface area contributed by atoms with Crippen LogP contribution in [0.4, 0.5) is 0 Å². The van der Waals surface area contributed by atoms with E-state index in [0.29, 0.717) is 12.8 Å². The zero-order chi connectivity index (χ0) is 20.1. The van der Waals surface area contributed by atoms with E-state index >= 15 is 0 Å². The fourth-order valence-electron chi connectivity index (χ4n) is 3.84. The summed E-state index contributed by atoms with van der Waals surface area (Å²) >= 11 is 3.44. The Balaban J connectivity index is 2.08. The molecule has 0 N–H and O–H groups in total. The van der Waals surface area contributed by atoms with E-state index in [1.165, 1.54) is 0 Å². The van der Waals surface area contributed by atoms with Gasteiger partial charge in [-0.05, 0) is 30.2 Å². The van der Waals surface area contributed by atoms with Gasteiger partial charge in [-0.25, -0.2) is 0 Å². The lowest BCUT2D eigenvalue weighted by Gasteiger charge is -2.43. The average Bonchev–Trinajstić information content (AvgIpc) is 2.69. The van der Waals surface area contributed by atoms with Gasteiger partial charge in [0.15, 0.2) is 5.92 Å². The number of benzene rings is 2. The summed E-state index contributed by atoms with van der Waals surface area (Å²) in [7, 11) is 0. The molecule has 0 amide bonds. The van der Waals surface area contributed by atoms with E-state index in [0.717, 1.165) is 15.6 Å². The van der Waals surface area contributed by atoms with Crippen molar-refractivity contribution in [1.82, 2.24) is 0 Å². The van der Waals surface area contributed by atoms with E-state index in [4.69, 9.17) is 9.47 Å². The van der Waals surface area contributed by atoms with E-state index < -0.39 is 23.5 Å². The van der Waals surface area contributed by atoms with Crippen LogP contribution in [0.3, 0.4) is 0 Å². The molecule has 5 heteroatoms.